The molecule has 2 unspecified atom stereocenters. The summed E-state index contributed by atoms with van der Waals surface area (Å²) in [7, 11) is 1.96. The van der Waals surface area contributed by atoms with Crippen molar-refractivity contribution in [1.82, 2.24) is 25.1 Å². The molecule has 0 radical (unpaired) electrons. The largest absolute Gasteiger partial charge is 0.379 e. The lowest BCUT2D eigenvalue weighted by Gasteiger charge is -2.13. The number of aromatic nitrogens is 4. The van der Waals surface area contributed by atoms with Gasteiger partial charge in [-0.15, -0.1) is 10.2 Å². The molecule has 7 heteroatoms. The molecular weight excluding hydrogens is 250 g/mol. The molecule has 2 atom stereocenters. The number of likely N-dealkylation sites (N-methyl/N-ethyl adjacent to an activating group) is 1. The molecule has 0 aliphatic carbocycles. The highest BCUT2D eigenvalue weighted by Gasteiger charge is 2.32. The normalized spacial score (nSPS) is 24.4. The molecule has 0 bridgehead atoms. The fourth-order valence-corrected chi connectivity index (χ4v) is 3.23. The topological polar surface area (TPSA) is 64.3 Å². The van der Waals surface area contributed by atoms with Crippen LogP contribution in [0.5, 0.6) is 0 Å². The molecule has 2 aromatic heterocycles. The zero-order valence-corrected chi connectivity index (χ0v) is 11.6. The van der Waals surface area contributed by atoms with Crippen molar-refractivity contribution in [1.29, 1.82) is 0 Å². The molecule has 1 fully saturated rings. The van der Waals surface area contributed by atoms with Gasteiger partial charge in [0.25, 0.3) is 0 Å². The zero-order valence-electron chi connectivity index (χ0n) is 10.8. The minimum atomic E-state index is 0.321. The number of nitrogens with zero attached hydrogens (tertiary/aromatic N) is 4. The molecule has 98 valence electrons. The van der Waals surface area contributed by atoms with E-state index in [1.807, 2.05) is 11.6 Å². The zero-order chi connectivity index (χ0) is 12.7. The Morgan fingerprint density at radius 3 is 2.94 bits per heavy atom. The van der Waals surface area contributed by atoms with Crippen LogP contribution in [0.3, 0.4) is 0 Å². The Labute approximate surface area is 109 Å². The minimum Gasteiger partial charge on any atom is -0.379 e. The van der Waals surface area contributed by atoms with E-state index >= 15 is 0 Å². The van der Waals surface area contributed by atoms with Gasteiger partial charge in [-0.25, -0.2) is 0 Å². The average Bonchev–Trinajstić information content (AvgIpc) is 3.01. The second kappa shape index (κ2) is 4.56. The molecule has 1 N–H and O–H groups in total. The third-order valence-corrected chi connectivity index (χ3v) is 4.35. The lowest BCUT2D eigenvalue weighted by molar-refractivity contribution is 0.188. The van der Waals surface area contributed by atoms with Crippen LogP contribution in [-0.2, 0) is 4.74 Å². The maximum Gasteiger partial charge on any atom is 0.234 e. The van der Waals surface area contributed by atoms with E-state index in [1.165, 1.54) is 0 Å². The fraction of sp³-hybridized carbons (Fsp3) is 0.727. The Balaban J connectivity index is 1.98. The molecule has 6 nitrogen and oxygen atoms in total. The first-order valence-corrected chi connectivity index (χ1v) is 6.99. The van der Waals surface area contributed by atoms with Crippen LogP contribution >= 0.6 is 11.3 Å². The number of nitrogens with one attached hydrogen (secondary N) is 1. The van der Waals surface area contributed by atoms with Crippen molar-refractivity contribution >= 4 is 16.3 Å². The van der Waals surface area contributed by atoms with Crippen LogP contribution in [0.2, 0.25) is 0 Å². The summed E-state index contributed by atoms with van der Waals surface area (Å²) >= 11 is 1.61. The van der Waals surface area contributed by atoms with Crippen LogP contribution in [-0.4, -0.2) is 46.1 Å². The van der Waals surface area contributed by atoms with E-state index in [0.717, 1.165) is 29.0 Å². The van der Waals surface area contributed by atoms with E-state index < -0.39 is 0 Å². The summed E-state index contributed by atoms with van der Waals surface area (Å²) in [6.45, 7) is 5.68. The van der Waals surface area contributed by atoms with Gasteiger partial charge in [-0.2, -0.15) is 9.61 Å². The second-order valence-corrected chi connectivity index (χ2v) is 5.87. The average molecular weight is 267 g/mol. The van der Waals surface area contributed by atoms with E-state index in [0.29, 0.717) is 17.9 Å². The van der Waals surface area contributed by atoms with E-state index in [2.05, 4.69) is 34.5 Å². The third-order valence-electron chi connectivity index (χ3n) is 3.32. The van der Waals surface area contributed by atoms with E-state index in [9.17, 15) is 0 Å². The number of hydrogen-bond donors (Lipinski definition) is 1. The molecule has 0 saturated carbocycles. The molecule has 3 rings (SSSR count). The van der Waals surface area contributed by atoms with Gasteiger partial charge < -0.3 is 10.1 Å². The molecule has 1 aliphatic heterocycles. The summed E-state index contributed by atoms with van der Waals surface area (Å²) in [6.07, 6.45) is 0. The monoisotopic (exact) mass is 267 g/mol. The molecule has 1 aliphatic rings. The molecule has 18 heavy (non-hydrogen) atoms. The lowest BCUT2D eigenvalue weighted by Crippen LogP contribution is -2.31. The Morgan fingerprint density at radius 2 is 2.22 bits per heavy atom. The number of fused-ring (bicyclic) bond motifs is 1. The Bertz CT molecular complexity index is 549. The van der Waals surface area contributed by atoms with Crippen molar-refractivity contribution in [2.45, 2.75) is 31.7 Å². The van der Waals surface area contributed by atoms with E-state index in [1.54, 1.807) is 11.3 Å². The predicted octanol–water partition coefficient (Wildman–Crippen LogP) is 1.01. The standard InChI is InChI=1S/C11H17N5OS/c1-6(2)9-13-14-11-16(9)15-10(18-11)7-4-17-5-8(7)12-3/h6-8,12H,4-5H2,1-3H3. The van der Waals surface area contributed by atoms with Crippen molar-refractivity contribution in [3.8, 4) is 0 Å². The van der Waals surface area contributed by atoms with E-state index in [4.69, 9.17) is 4.74 Å². The minimum absolute atomic E-state index is 0.321. The number of ether oxygens (including phenoxy) is 1. The highest BCUT2D eigenvalue weighted by molar-refractivity contribution is 7.16. The Hall–Kier alpha value is -1.05. The van der Waals surface area contributed by atoms with Crippen molar-refractivity contribution in [3.05, 3.63) is 10.8 Å². The summed E-state index contributed by atoms with van der Waals surface area (Å²) in [5.41, 5.74) is 0. The predicted molar refractivity (Wildman–Crippen MR) is 69.2 cm³/mol. The highest BCUT2D eigenvalue weighted by Crippen LogP contribution is 2.29. The second-order valence-electron chi connectivity index (χ2n) is 4.89. The van der Waals surface area contributed by atoms with Gasteiger partial charge in [-0.3, -0.25) is 0 Å². The number of rotatable bonds is 3. The van der Waals surface area contributed by atoms with Crippen LogP contribution in [0, 0.1) is 0 Å². The highest BCUT2D eigenvalue weighted by atomic mass is 32.1. The summed E-state index contributed by atoms with van der Waals surface area (Å²) < 4.78 is 7.39. The summed E-state index contributed by atoms with van der Waals surface area (Å²) in [5, 5.41) is 17.4. The van der Waals surface area contributed by atoms with Gasteiger partial charge in [0.1, 0.15) is 5.01 Å². The van der Waals surface area contributed by atoms with Crippen LogP contribution in [0.25, 0.3) is 4.96 Å². The Morgan fingerprint density at radius 1 is 1.39 bits per heavy atom. The SMILES string of the molecule is CNC1COCC1c1nn2c(C(C)C)nnc2s1. The molecular formula is C11H17N5OS. The lowest BCUT2D eigenvalue weighted by atomic mass is 10.1. The van der Waals surface area contributed by atoms with Gasteiger partial charge in [-0.05, 0) is 7.05 Å². The quantitative estimate of drug-likeness (QED) is 0.899. The smallest absolute Gasteiger partial charge is 0.234 e. The van der Waals surface area contributed by atoms with Crippen molar-refractivity contribution in [3.63, 3.8) is 0 Å². The van der Waals surface area contributed by atoms with Crippen LogP contribution in [0.15, 0.2) is 0 Å². The van der Waals surface area contributed by atoms with Crippen molar-refractivity contribution in [2.24, 2.45) is 0 Å². The van der Waals surface area contributed by atoms with Gasteiger partial charge in [0, 0.05) is 12.0 Å². The van der Waals surface area contributed by atoms with Crippen molar-refractivity contribution < 1.29 is 4.74 Å². The maximum absolute atomic E-state index is 5.52. The third kappa shape index (κ3) is 1.82. The first kappa shape index (κ1) is 12.0. The van der Waals surface area contributed by atoms with Gasteiger partial charge in [0.05, 0.1) is 19.1 Å². The Kier molecular flexibility index (Phi) is 3.04. The fourth-order valence-electron chi connectivity index (χ4n) is 2.24. The van der Waals surface area contributed by atoms with Gasteiger partial charge >= 0.3 is 0 Å². The van der Waals surface area contributed by atoms with Crippen LogP contribution < -0.4 is 5.32 Å². The van der Waals surface area contributed by atoms with E-state index in [-0.39, 0.29) is 0 Å². The molecule has 3 heterocycles. The summed E-state index contributed by atoms with van der Waals surface area (Å²) in [6, 6.07) is 0.344. The number of hydrogen-bond acceptors (Lipinski definition) is 6. The molecule has 1 saturated heterocycles. The van der Waals surface area contributed by atoms with Crippen LogP contribution in [0.4, 0.5) is 0 Å². The molecule has 0 spiro atoms. The summed E-state index contributed by atoms with van der Waals surface area (Å²) in [5.74, 6) is 1.57. The first-order chi connectivity index (χ1) is 8.70. The molecule has 0 amide bonds. The van der Waals surface area contributed by atoms with Crippen molar-refractivity contribution in [2.75, 3.05) is 20.3 Å². The van der Waals surface area contributed by atoms with Gasteiger partial charge in [-0.1, -0.05) is 25.2 Å². The molecule has 0 aromatic carbocycles. The maximum atomic E-state index is 5.52. The van der Waals surface area contributed by atoms with Gasteiger partial charge in [0.2, 0.25) is 4.96 Å². The van der Waals surface area contributed by atoms with Gasteiger partial charge in [0.15, 0.2) is 5.82 Å². The van der Waals surface area contributed by atoms with Crippen LogP contribution in [0.1, 0.15) is 36.5 Å². The first-order valence-electron chi connectivity index (χ1n) is 6.17. The summed E-state index contributed by atoms with van der Waals surface area (Å²) in [4.78, 5) is 0.871. The molecule has 2 aromatic rings.